The van der Waals surface area contributed by atoms with Crippen molar-refractivity contribution in [1.29, 1.82) is 0 Å². The molecular weight excluding hydrogens is 298 g/mol. The van der Waals surface area contributed by atoms with Crippen molar-refractivity contribution >= 4 is 17.4 Å². The van der Waals surface area contributed by atoms with Crippen LogP contribution >= 0.6 is 0 Å². The fraction of sp³-hybridized carbons (Fsp3) is 0.0476. The molecule has 3 aromatic carbocycles. The third kappa shape index (κ3) is 2.31. The Bertz CT molecular complexity index is 878. The predicted molar refractivity (Wildman–Crippen MR) is 93.2 cm³/mol. The molecule has 0 aromatic heterocycles. The normalized spacial score (nSPS) is 13.0. The molecule has 0 spiro atoms. The van der Waals surface area contributed by atoms with Gasteiger partial charge in [-0.05, 0) is 22.8 Å². The molecule has 1 N–H and O–H groups in total. The van der Waals surface area contributed by atoms with E-state index in [4.69, 9.17) is 0 Å². The number of ketones is 1. The van der Waals surface area contributed by atoms with E-state index in [1.807, 2.05) is 72.8 Å². The first-order chi connectivity index (χ1) is 11.8. The van der Waals surface area contributed by atoms with E-state index in [9.17, 15) is 9.59 Å². The van der Waals surface area contributed by atoms with Crippen LogP contribution in [-0.4, -0.2) is 11.7 Å². The van der Waals surface area contributed by atoms with E-state index in [1.54, 1.807) is 6.07 Å². The quantitative estimate of drug-likeness (QED) is 0.587. The summed E-state index contributed by atoms with van der Waals surface area (Å²) in [4.78, 5) is 24.2. The van der Waals surface area contributed by atoms with Crippen molar-refractivity contribution in [2.24, 2.45) is 0 Å². The first-order valence-corrected chi connectivity index (χ1v) is 7.84. The van der Waals surface area contributed by atoms with E-state index in [0.29, 0.717) is 11.3 Å². The summed E-state index contributed by atoms with van der Waals surface area (Å²) in [7, 11) is 0. The Morgan fingerprint density at radius 2 is 1.25 bits per heavy atom. The topological polar surface area (TPSA) is 46.2 Å². The van der Waals surface area contributed by atoms with Crippen LogP contribution in [0.3, 0.4) is 0 Å². The number of fused-ring (bicyclic) bond motifs is 1. The number of carbonyl (C=O) groups is 2. The molecule has 0 bridgehead atoms. The lowest BCUT2D eigenvalue weighted by atomic mass is 9.82. The molecular formula is C21H15NO2. The van der Waals surface area contributed by atoms with Gasteiger partial charge in [-0.25, -0.2) is 0 Å². The standard InChI is InChI=1S/C21H15NO2/c23-20-19-16(12-7-13-17(19)22-21(20)24)18(14-8-3-1-4-9-14)15-10-5-2-6-11-15/h1-13,18H,(H,22,23,24). The number of carbonyl (C=O) groups excluding carboxylic acids is 2. The van der Waals surface area contributed by atoms with Crippen molar-refractivity contribution in [3.8, 4) is 0 Å². The van der Waals surface area contributed by atoms with Gasteiger partial charge in [0, 0.05) is 5.92 Å². The van der Waals surface area contributed by atoms with Crippen molar-refractivity contribution in [2.45, 2.75) is 5.92 Å². The second-order valence-corrected chi connectivity index (χ2v) is 5.81. The minimum Gasteiger partial charge on any atom is -0.318 e. The van der Waals surface area contributed by atoms with Crippen molar-refractivity contribution in [2.75, 3.05) is 5.32 Å². The highest BCUT2D eigenvalue weighted by Gasteiger charge is 2.33. The monoisotopic (exact) mass is 313 g/mol. The Kier molecular flexibility index (Phi) is 3.47. The van der Waals surface area contributed by atoms with Crippen LogP contribution in [0.4, 0.5) is 5.69 Å². The molecule has 0 radical (unpaired) electrons. The Morgan fingerprint density at radius 3 is 1.83 bits per heavy atom. The SMILES string of the molecule is O=C1Nc2cccc(C(c3ccccc3)c3ccccc3)c2C1=O. The van der Waals surface area contributed by atoms with E-state index < -0.39 is 11.7 Å². The summed E-state index contributed by atoms with van der Waals surface area (Å²) < 4.78 is 0. The van der Waals surface area contributed by atoms with Crippen LogP contribution in [0.15, 0.2) is 78.9 Å². The van der Waals surface area contributed by atoms with E-state index in [-0.39, 0.29) is 5.92 Å². The van der Waals surface area contributed by atoms with Gasteiger partial charge in [0.25, 0.3) is 11.7 Å². The molecule has 1 aliphatic heterocycles. The summed E-state index contributed by atoms with van der Waals surface area (Å²) in [6.45, 7) is 0. The molecule has 0 atom stereocenters. The van der Waals surface area contributed by atoms with Gasteiger partial charge in [0.1, 0.15) is 0 Å². The molecule has 0 fully saturated rings. The summed E-state index contributed by atoms with van der Waals surface area (Å²) in [6, 6.07) is 25.7. The largest absolute Gasteiger partial charge is 0.318 e. The van der Waals surface area contributed by atoms with Crippen LogP contribution in [0, 0.1) is 0 Å². The second-order valence-electron chi connectivity index (χ2n) is 5.81. The van der Waals surface area contributed by atoms with Gasteiger partial charge in [0.05, 0.1) is 11.3 Å². The average molecular weight is 313 g/mol. The zero-order valence-corrected chi connectivity index (χ0v) is 12.9. The molecule has 1 aliphatic rings. The minimum absolute atomic E-state index is 0.0981. The number of amides is 1. The summed E-state index contributed by atoms with van der Waals surface area (Å²) in [5.74, 6) is -1.12. The Hall–Kier alpha value is -3.20. The number of rotatable bonds is 3. The maximum Gasteiger partial charge on any atom is 0.296 e. The van der Waals surface area contributed by atoms with Crippen LogP contribution < -0.4 is 5.32 Å². The maximum absolute atomic E-state index is 12.4. The summed E-state index contributed by atoms with van der Waals surface area (Å²) in [5, 5.41) is 2.66. The molecule has 3 heteroatoms. The molecule has 1 heterocycles. The van der Waals surface area contributed by atoms with Gasteiger partial charge < -0.3 is 5.32 Å². The fourth-order valence-corrected chi connectivity index (χ4v) is 3.30. The first kappa shape index (κ1) is 14.4. The van der Waals surface area contributed by atoms with Gasteiger partial charge in [-0.2, -0.15) is 0 Å². The number of nitrogens with one attached hydrogen (secondary N) is 1. The highest BCUT2D eigenvalue weighted by molar-refractivity contribution is 6.52. The number of anilines is 1. The first-order valence-electron chi connectivity index (χ1n) is 7.84. The lowest BCUT2D eigenvalue weighted by Gasteiger charge is -2.20. The minimum atomic E-state index is -0.558. The predicted octanol–water partition coefficient (Wildman–Crippen LogP) is 4.00. The molecule has 0 saturated heterocycles. The Balaban J connectivity index is 1.96. The average Bonchev–Trinajstić information content (AvgIpc) is 2.92. The van der Waals surface area contributed by atoms with E-state index in [1.165, 1.54) is 0 Å². The van der Waals surface area contributed by atoms with E-state index in [2.05, 4.69) is 5.32 Å². The van der Waals surface area contributed by atoms with E-state index >= 15 is 0 Å². The molecule has 1 amide bonds. The molecule has 4 rings (SSSR count). The number of Topliss-reactive ketones (excluding diaryl/α,β-unsaturated/α-hetero) is 1. The lowest BCUT2D eigenvalue weighted by molar-refractivity contribution is -0.112. The second kappa shape index (κ2) is 5.78. The molecule has 24 heavy (non-hydrogen) atoms. The summed E-state index contributed by atoms with van der Waals surface area (Å²) >= 11 is 0. The summed E-state index contributed by atoms with van der Waals surface area (Å²) in [5.41, 5.74) is 4.11. The fourth-order valence-electron chi connectivity index (χ4n) is 3.30. The van der Waals surface area contributed by atoms with Gasteiger partial charge in [-0.15, -0.1) is 0 Å². The highest BCUT2D eigenvalue weighted by Crippen LogP contribution is 2.38. The van der Waals surface area contributed by atoms with Gasteiger partial charge in [-0.1, -0.05) is 72.8 Å². The van der Waals surface area contributed by atoms with Crippen molar-refractivity contribution in [1.82, 2.24) is 0 Å². The van der Waals surface area contributed by atoms with Crippen LogP contribution in [-0.2, 0) is 4.79 Å². The lowest BCUT2D eigenvalue weighted by Crippen LogP contribution is -2.14. The van der Waals surface area contributed by atoms with Gasteiger partial charge in [0.15, 0.2) is 0 Å². The highest BCUT2D eigenvalue weighted by atomic mass is 16.2. The van der Waals surface area contributed by atoms with Gasteiger partial charge in [0.2, 0.25) is 0 Å². The van der Waals surface area contributed by atoms with Crippen LogP contribution in [0.5, 0.6) is 0 Å². The molecule has 116 valence electrons. The molecule has 0 unspecified atom stereocenters. The number of benzene rings is 3. The van der Waals surface area contributed by atoms with Gasteiger partial charge in [-0.3, -0.25) is 9.59 Å². The van der Waals surface area contributed by atoms with Crippen molar-refractivity contribution < 1.29 is 9.59 Å². The Morgan fingerprint density at radius 1 is 0.667 bits per heavy atom. The van der Waals surface area contributed by atoms with Crippen molar-refractivity contribution in [3.63, 3.8) is 0 Å². The number of hydrogen-bond acceptors (Lipinski definition) is 2. The third-order valence-electron chi connectivity index (χ3n) is 4.35. The molecule has 0 saturated carbocycles. The molecule has 3 nitrogen and oxygen atoms in total. The van der Waals surface area contributed by atoms with Crippen molar-refractivity contribution in [3.05, 3.63) is 101 Å². The summed E-state index contributed by atoms with van der Waals surface area (Å²) in [6.07, 6.45) is 0. The van der Waals surface area contributed by atoms with Gasteiger partial charge >= 0.3 is 0 Å². The van der Waals surface area contributed by atoms with Crippen LogP contribution in [0.2, 0.25) is 0 Å². The van der Waals surface area contributed by atoms with Crippen LogP contribution in [0.1, 0.15) is 33.0 Å². The molecule has 0 aliphatic carbocycles. The zero-order valence-electron chi connectivity index (χ0n) is 12.9. The zero-order chi connectivity index (χ0) is 16.5. The maximum atomic E-state index is 12.4. The third-order valence-corrected chi connectivity index (χ3v) is 4.35. The molecule has 3 aromatic rings. The smallest absolute Gasteiger partial charge is 0.296 e. The Labute approximate surface area is 140 Å². The number of hydrogen-bond donors (Lipinski definition) is 1. The van der Waals surface area contributed by atoms with Crippen LogP contribution in [0.25, 0.3) is 0 Å². The van der Waals surface area contributed by atoms with E-state index in [0.717, 1.165) is 16.7 Å².